The van der Waals surface area contributed by atoms with Crippen LogP contribution in [0.1, 0.15) is 31.8 Å². The Balaban J connectivity index is 2.39. The van der Waals surface area contributed by atoms with Crippen molar-refractivity contribution in [3.05, 3.63) is 33.9 Å². The van der Waals surface area contributed by atoms with Crippen molar-refractivity contribution in [1.82, 2.24) is 0 Å². The second-order valence-electron chi connectivity index (χ2n) is 5.24. The smallest absolute Gasteiger partial charge is 0.329 e. The van der Waals surface area contributed by atoms with Crippen LogP contribution < -0.4 is 5.32 Å². The summed E-state index contributed by atoms with van der Waals surface area (Å²) in [7, 11) is 0. The van der Waals surface area contributed by atoms with Crippen LogP contribution in [0.25, 0.3) is 0 Å². The number of benzene rings is 1. The number of nitrogens with zero attached hydrogens (tertiary/aromatic N) is 1. The van der Waals surface area contributed by atoms with E-state index < -0.39 is 34.1 Å². The Morgan fingerprint density at radius 3 is 2.57 bits per heavy atom. The molecule has 0 saturated heterocycles. The van der Waals surface area contributed by atoms with E-state index >= 15 is 0 Å². The third kappa shape index (κ3) is 2.93. The average Bonchev–Trinajstić information content (AvgIpc) is 3.22. The summed E-state index contributed by atoms with van der Waals surface area (Å²) in [5.74, 6) is -1.28. The standard InChI is InChI=1S/C13H14F2N2O4/c1-13(12(18)19,7-2-3-7)16-10-5-4-8(17(20)21)6-9(10)11(14)15/h4-7,11,16H,2-3H2,1H3,(H,18,19). The maximum absolute atomic E-state index is 13.1. The number of nitro benzene ring substituents is 1. The second kappa shape index (κ2) is 5.27. The molecule has 8 heteroatoms. The fourth-order valence-corrected chi connectivity index (χ4v) is 2.23. The predicted molar refractivity (Wildman–Crippen MR) is 70.4 cm³/mol. The van der Waals surface area contributed by atoms with E-state index in [1.54, 1.807) is 0 Å². The number of carboxylic acids is 1. The molecule has 1 saturated carbocycles. The number of halogens is 2. The molecule has 1 unspecified atom stereocenters. The number of carbonyl (C=O) groups is 1. The number of carboxylic acid groups (broad SMARTS) is 1. The SMILES string of the molecule is CC(Nc1ccc([N+](=O)[O-])cc1C(F)F)(C(=O)O)C1CC1. The van der Waals surface area contributed by atoms with Gasteiger partial charge in [-0.1, -0.05) is 0 Å². The monoisotopic (exact) mass is 300 g/mol. The van der Waals surface area contributed by atoms with Crippen molar-refractivity contribution >= 4 is 17.3 Å². The van der Waals surface area contributed by atoms with Gasteiger partial charge in [0, 0.05) is 23.4 Å². The summed E-state index contributed by atoms with van der Waals surface area (Å²) in [6.45, 7) is 1.43. The first-order valence-electron chi connectivity index (χ1n) is 6.33. The van der Waals surface area contributed by atoms with E-state index in [2.05, 4.69) is 5.32 Å². The normalized spacial score (nSPS) is 17.3. The fraction of sp³-hybridized carbons (Fsp3) is 0.462. The lowest BCUT2D eigenvalue weighted by Gasteiger charge is -2.28. The first-order chi connectivity index (χ1) is 9.75. The Hall–Kier alpha value is -2.25. The molecule has 0 aromatic heterocycles. The number of nitro groups is 1. The van der Waals surface area contributed by atoms with Crippen LogP contribution >= 0.6 is 0 Å². The molecule has 1 aliphatic rings. The molecule has 1 aliphatic carbocycles. The Morgan fingerprint density at radius 1 is 1.52 bits per heavy atom. The lowest BCUT2D eigenvalue weighted by molar-refractivity contribution is -0.385. The molecular formula is C13H14F2N2O4. The Labute approximate surface area is 118 Å². The van der Waals surface area contributed by atoms with Gasteiger partial charge in [-0.2, -0.15) is 0 Å². The molecule has 1 aromatic rings. The van der Waals surface area contributed by atoms with E-state index in [-0.39, 0.29) is 11.6 Å². The van der Waals surface area contributed by atoms with Gasteiger partial charge in [0.2, 0.25) is 0 Å². The molecule has 0 heterocycles. The molecule has 0 bridgehead atoms. The van der Waals surface area contributed by atoms with E-state index in [9.17, 15) is 28.8 Å². The number of aliphatic carboxylic acids is 1. The van der Waals surface area contributed by atoms with Crippen LogP contribution in [0.5, 0.6) is 0 Å². The summed E-state index contributed by atoms with van der Waals surface area (Å²) < 4.78 is 26.1. The maximum Gasteiger partial charge on any atom is 0.329 e. The molecule has 0 spiro atoms. The highest BCUT2D eigenvalue weighted by Gasteiger charge is 2.48. The van der Waals surface area contributed by atoms with Crippen molar-refractivity contribution in [3.63, 3.8) is 0 Å². The zero-order valence-corrected chi connectivity index (χ0v) is 11.2. The van der Waals surface area contributed by atoms with Crippen molar-refractivity contribution in [3.8, 4) is 0 Å². The highest BCUT2D eigenvalue weighted by molar-refractivity contribution is 5.83. The van der Waals surface area contributed by atoms with Crippen molar-refractivity contribution in [2.45, 2.75) is 31.7 Å². The van der Waals surface area contributed by atoms with Gasteiger partial charge in [0.1, 0.15) is 5.54 Å². The van der Waals surface area contributed by atoms with Crippen molar-refractivity contribution in [2.24, 2.45) is 5.92 Å². The average molecular weight is 300 g/mol. The van der Waals surface area contributed by atoms with Crippen molar-refractivity contribution in [1.29, 1.82) is 0 Å². The fourth-order valence-electron chi connectivity index (χ4n) is 2.23. The summed E-state index contributed by atoms with van der Waals surface area (Å²) in [5, 5.41) is 22.6. The van der Waals surface area contributed by atoms with Crippen LogP contribution in [0, 0.1) is 16.0 Å². The topological polar surface area (TPSA) is 92.5 Å². The first-order valence-corrected chi connectivity index (χ1v) is 6.33. The number of rotatable bonds is 6. The van der Waals surface area contributed by atoms with Gasteiger partial charge < -0.3 is 10.4 Å². The Kier molecular flexibility index (Phi) is 3.80. The highest BCUT2D eigenvalue weighted by atomic mass is 19.3. The summed E-state index contributed by atoms with van der Waals surface area (Å²) in [5.41, 5.74) is -2.48. The van der Waals surface area contributed by atoms with Crippen molar-refractivity contribution in [2.75, 3.05) is 5.32 Å². The number of nitrogens with one attached hydrogen (secondary N) is 1. The van der Waals surface area contributed by atoms with Crippen LogP contribution in [0.4, 0.5) is 20.2 Å². The van der Waals surface area contributed by atoms with E-state index in [4.69, 9.17) is 0 Å². The summed E-state index contributed by atoms with van der Waals surface area (Å²) in [6, 6.07) is 2.97. The largest absolute Gasteiger partial charge is 0.480 e. The van der Waals surface area contributed by atoms with Gasteiger partial charge >= 0.3 is 5.97 Å². The molecule has 21 heavy (non-hydrogen) atoms. The number of alkyl halides is 2. The molecule has 1 atom stereocenters. The van der Waals surface area contributed by atoms with Crippen LogP contribution in [-0.4, -0.2) is 21.5 Å². The summed E-state index contributed by atoms with van der Waals surface area (Å²) in [6.07, 6.45) is -1.54. The van der Waals surface area contributed by atoms with Gasteiger partial charge in [-0.15, -0.1) is 0 Å². The Bertz CT molecular complexity index is 590. The van der Waals surface area contributed by atoms with E-state index in [0.29, 0.717) is 12.8 Å². The van der Waals surface area contributed by atoms with Gasteiger partial charge in [-0.3, -0.25) is 10.1 Å². The molecule has 114 valence electrons. The number of hydrogen-bond acceptors (Lipinski definition) is 4. The molecule has 2 rings (SSSR count). The number of hydrogen-bond donors (Lipinski definition) is 2. The minimum atomic E-state index is -2.94. The first kappa shape index (κ1) is 15.1. The van der Waals surface area contributed by atoms with Gasteiger partial charge in [0.25, 0.3) is 12.1 Å². The minimum absolute atomic E-state index is 0.0904. The van der Waals surface area contributed by atoms with Gasteiger partial charge in [-0.25, -0.2) is 13.6 Å². The molecule has 1 aromatic carbocycles. The van der Waals surface area contributed by atoms with Crippen LogP contribution in [0.2, 0.25) is 0 Å². The van der Waals surface area contributed by atoms with E-state index in [1.807, 2.05) is 0 Å². The molecule has 0 radical (unpaired) electrons. The predicted octanol–water partition coefficient (Wildman–Crippen LogP) is 3.20. The molecule has 6 nitrogen and oxygen atoms in total. The lowest BCUT2D eigenvalue weighted by atomic mass is 9.95. The zero-order chi connectivity index (χ0) is 15.8. The van der Waals surface area contributed by atoms with Gasteiger partial charge in [0.15, 0.2) is 0 Å². The third-order valence-electron chi connectivity index (χ3n) is 3.71. The zero-order valence-electron chi connectivity index (χ0n) is 11.2. The Morgan fingerprint density at radius 2 is 2.14 bits per heavy atom. The number of anilines is 1. The molecular weight excluding hydrogens is 286 g/mol. The van der Waals surface area contributed by atoms with Crippen LogP contribution in [-0.2, 0) is 4.79 Å². The molecule has 0 aliphatic heterocycles. The summed E-state index contributed by atoms with van der Waals surface area (Å²) >= 11 is 0. The van der Waals surface area contributed by atoms with Gasteiger partial charge in [-0.05, 0) is 31.7 Å². The van der Waals surface area contributed by atoms with E-state index in [0.717, 1.165) is 18.2 Å². The maximum atomic E-state index is 13.1. The van der Waals surface area contributed by atoms with Crippen LogP contribution in [0.15, 0.2) is 18.2 Å². The lowest BCUT2D eigenvalue weighted by Crippen LogP contribution is -2.45. The quantitative estimate of drug-likeness (QED) is 0.621. The molecule has 2 N–H and O–H groups in total. The van der Waals surface area contributed by atoms with E-state index in [1.165, 1.54) is 6.92 Å². The summed E-state index contributed by atoms with van der Waals surface area (Å²) in [4.78, 5) is 21.3. The van der Waals surface area contributed by atoms with Gasteiger partial charge in [0.05, 0.1) is 4.92 Å². The third-order valence-corrected chi connectivity index (χ3v) is 3.71. The number of non-ortho nitro benzene ring substituents is 1. The molecule has 1 fully saturated rings. The minimum Gasteiger partial charge on any atom is -0.480 e. The molecule has 0 amide bonds. The highest BCUT2D eigenvalue weighted by Crippen LogP contribution is 2.43. The van der Waals surface area contributed by atoms with Crippen molar-refractivity contribution < 1.29 is 23.6 Å². The second-order valence-corrected chi connectivity index (χ2v) is 5.24. The van der Waals surface area contributed by atoms with Crippen LogP contribution in [0.3, 0.4) is 0 Å².